The molecule has 0 amide bonds. The maximum Gasteiger partial charge on any atom is 0.00921 e. The predicted molar refractivity (Wildman–Crippen MR) is 155 cm³/mol. The molecule has 178 valence electrons. The molecule has 6 rings (SSSR count). The molecule has 0 heteroatoms. The van der Waals surface area contributed by atoms with Crippen molar-refractivity contribution in [2.24, 2.45) is 5.92 Å². The molecule has 0 radical (unpaired) electrons. The van der Waals surface area contributed by atoms with Gasteiger partial charge < -0.3 is 0 Å². The van der Waals surface area contributed by atoms with Crippen molar-refractivity contribution in [2.45, 2.75) is 45.4 Å². The average Bonchev–Trinajstić information content (AvgIpc) is 3.43. The third-order valence-electron chi connectivity index (χ3n) is 8.32. The summed E-state index contributed by atoms with van der Waals surface area (Å²) in [6.07, 6.45) is 7.36. The molecular formula is C36H34. The molecule has 2 unspecified atom stereocenters. The van der Waals surface area contributed by atoms with E-state index >= 15 is 0 Å². The fourth-order valence-electron chi connectivity index (χ4n) is 6.89. The van der Waals surface area contributed by atoms with Crippen LogP contribution in [0.5, 0.6) is 0 Å². The minimum absolute atomic E-state index is 0.447. The standard InChI is InChI=1S/C36H34/c1-4-13-32(35-24(2)22-33-28(18-11-20-30(33)35)26-14-7-5-8-15-26)36-25(3)23-34-29(19-12-21-31(34)36)27-16-9-6-10-17-27/h5-12,14-23,32,35-36H,4,13H2,1-3H3. The highest BCUT2D eigenvalue weighted by molar-refractivity contribution is 5.84. The molecule has 0 saturated heterocycles. The van der Waals surface area contributed by atoms with Gasteiger partial charge in [0, 0.05) is 11.8 Å². The van der Waals surface area contributed by atoms with E-state index in [1.54, 1.807) is 0 Å². The van der Waals surface area contributed by atoms with E-state index in [9.17, 15) is 0 Å². The molecule has 0 bridgehead atoms. The van der Waals surface area contributed by atoms with Crippen LogP contribution in [0.1, 0.15) is 67.7 Å². The van der Waals surface area contributed by atoms with Gasteiger partial charge in [0.1, 0.15) is 0 Å². The number of hydrogen-bond acceptors (Lipinski definition) is 0. The van der Waals surface area contributed by atoms with Crippen LogP contribution in [0.15, 0.2) is 108 Å². The maximum atomic E-state index is 2.47. The van der Waals surface area contributed by atoms with Crippen molar-refractivity contribution >= 4 is 12.2 Å². The van der Waals surface area contributed by atoms with E-state index in [-0.39, 0.29) is 0 Å². The lowest BCUT2D eigenvalue weighted by Crippen LogP contribution is -2.21. The van der Waals surface area contributed by atoms with Gasteiger partial charge in [-0.3, -0.25) is 0 Å². The summed E-state index contributed by atoms with van der Waals surface area (Å²) in [5, 5.41) is 0. The Morgan fingerprint density at radius 3 is 1.42 bits per heavy atom. The second-order valence-electron chi connectivity index (χ2n) is 10.5. The van der Waals surface area contributed by atoms with Crippen molar-refractivity contribution < 1.29 is 0 Å². The van der Waals surface area contributed by atoms with Crippen LogP contribution >= 0.6 is 0 Å². The normalized spacial score (nSPS) is 18.9. The van der Waals surface area contributed by atoms with Crippen LogP contribution in [0.3, 0.4) is 0 Å². The maximum absolute atomic E-state index is 2.47. The zero-order chi connectivity index (χ0) is 24.6. The zero-order valence-electron chi connectivity index (χ0n) is 21.5. The molecule has 2 atom stereocenters. The van der Waals surface area contributed by atoms with Crippen LogP contribution in [-0.4, -0.2) is 0 Å². The van der Waals surface area contributed by atoms with Crippen LogP contribution in [-0.2, 0) is 0 Å². The summed E-state index contributed by atoms with van der Waals surface area (Å²) in [6, 6.07) is 35.6. The van der Waals surface area contributed by atoms with E-state index < -0.39 is 0 Å². The molecule has 0 N–H and O–H groups in total. The van der Waals surface area contributed by atoms with Gasteiger partial charge in [-0.1, -0.05) is 134 Å². The van der Waals surface area contributed by atoms with Gasteiger partial charge in [-0.05, 0) is 70.7 Å². The Bertz CT molecular complexity index is 1340. The Hall–Kier alpha value is -3.64. The highest BCUT2D eigenvalue weighted by Gasteiger charge is 2.39. The average molecular weight is 467 g/mol. The second kappa shape index (κ2) is 9.43. The molecule has 0 nitrogen and oxygen atoms in total. The summed E-state index contributed by atoms with van der Waals surface area (Å²) in [4.78, 5) is 0. The van der Waals surface area contributed by atoms with E-state index in [1.165, 1.54) is 68.5 Å². The molecule has 4 aromatic rings. The molecule has 4 aromatic carbocycles. The van der Waals surface area contributed by atoms with Gasteiger partial charge in [0.2, 0.25) is 0 Å². The molecule has 2 aliphatic carbocycles. The molecule has 0 saturated carbocycles. The lowest BCUT2D eigenvalue weighted by Gasteiger charge is -2.33. The van der Waals surface area contributed by atoms with Crippen LogP contribution in [0.2, 0.25) is 0 Å². The van der Waals surface area contributed by atoms with E-state index in [1.807, 2.05) is 0 Å². The molecule has 0 aliphatic heterocycles. The van der Waals surface area contributed by atoms with Crippen molar-refractivity contribution in [1.82, 2.24) is 0 Å². The largest absolute Gasteiger partial charge is 0.0654 e. The number of rotatable bonds is 6. The summed E-state index contributed by atoms with van der Waals surface area (Å²) in [5.41, 5.74) is 14.2. The van der Waals surface area contributed by atoms with Crippen molar-refractivity contribution in [3.63, 3.8) is 0 Å². The first-order chi connectivity index (χ1) is 17.7. The first-order valence-electron chi connectivity index (χ1n) is 13.4. The Labute approximate surface area is 216 Å². The van der Waals surface area contributed by atoms with Gasteiger partial charge in [0.05, 0.1) is 0 Å². The Balaban J connectivity index is 1.45. The lowest BCUT2D eigenvalue weighted by atomic mass is 9.70. The van der Waals surface area contributed by atoms with Crippen molar-refractivity contribution in [3.8, 4) is 22.3 Å². The quantitative estimate of drug-likeness (QED) is 0.265. The molecular weight excluding hydrogens is 432 g/mol. The number of benzene rings is 4. The summed E-state index contributed by atoms with van der Waals surface area (Å²) < 4.78 is 0. The van der Waals surface area contributed by atoms with E-state index in [0.29, 0.717) is 17.8 Å². The molecule has 0 spiro atoms. The lowest BCUT2D eigenvalue weighted by molar-refractivity contribution is 0.384. The highest BCUT2D eigenvalue weighted by atomic mass is 14.4. The molecule has 0 aromatic heterocycles. The smallest absolute Gasteiger partial charge is 0.00921 e. The Morgan fingerprint density at radius 2 is 1.00 bits per heavy atom. The van der Waals surface area contributed by atoms with E-state index in [4.69, 9.17) is 0 Å². The monoisotopic (exact) mass is 466 g/mol. The summed E-state index contributed by atoms with van der Waals surface area (Å²) in [6.45, 7) is 7.06. The molecule has 0 fully saturated rings. The van der Waals surface area contributed by atoms with E-state index in [0.717, 1.165) is 0 Å². The first kappa shape index (κ1) is 22.8. The van der Waals surface area contributed by atoms with Crippen LogP contribution in [0, 0.1) is 5.92 Å². The summed E-state index contributed by atoms with van der Waals surface area (Å²) in [5.74, 6) is 1.44. The fraction of sp³-hybridized carbons (Fsp3) is 0.222. The topological polar surface area (TPSA) is 0 Å². The third kappa shape index (κ3) is 3.77. The van der Waals surface area contributed by atoms with Gasteiger partial charge in [0.25, 0.3) is 0 Å². The van der Waals surface area contributed by atoms with Gasteiger partial charge >= 0.3 is 0 Å². The van der Waals surface area contributed by atoms with E-state index in [2.05, 4.69) is 130 Å². The second-order valence-corrected chi connectivity index (χ2v) is 10.5. The SMILES string of the molecule is CCCC(C1C(C)=Cc2c(-c3ccccc3)cccc21)C1C(C)=Cc2c(-c3ccccc3)cccc21. The van der Waals surface area contributed by atoms with Gasteiger partial charge in [-0.15, -0.1) is 0 Å². The van der Waals surface area contributed by atoms with Crippen LogP contribution in [0.25, 0.3) is 34.4 Å². The molecule has 2 aliphatic rings. The Kier molecular flexibility index (Phi) is 5.97. The third-order valence-corrected chi connectivity index (χ3v) is 8.32. The first-order valence-corrected chi connectivity index (χ1v) is 13.4. The summed E-state index contributed by atoms with van der Waals surface area (Å²) >= 11 is 0. The van der Waals surface area contributed by atoms with Crippen molar-refractivity contribution in [3.05, 3.63) is 130 Å². The fourth-order valence-corrected chi connectivity index (χ4v) is 6.89. The molecule has 0 heterocycles. The highest BCUT2D eigenvalue weighted by Crippen LogP contribution is 2.54. The molecule has 36 heavy (non-hydrogen) atoms. The van der Waals surface area contributed by atoms with Gasteiger partial charge in [-0.2, -0.15) is 0 Å². The Morgan fingerprint density at radius 1 is 0.556 bits per heavy atom. The van der Waals surface area contributed by atoms with Crippen molar-refractivity contribution in [2.75, 3.05) is 0 Å². The predicted octanol–water partition coefficient (Wildman–Crippen LogP) is 10.1. The minimum Gasteiger partial charge on any atom is -0.0654 e. The van der Waals surface area contributed by atoms with Crippen LogP contribution < -0.4 is 0 Å². The van der Waals surface area contributed by atoms with Crippen LogP contribution in [0.4, 0.5) is 0 Å². The van der Waals surface area contributed by atoms with Gasteiger partial charge in [0.15, 0.2) is 0 Å². The number of allylic oxidation sites excluding steroid dienone is 2. The number of hydrogen-bond donors (Lipinski definition) is 0. The minimum atomic E-state index is 0.447. The number of fused-ring (bicyclic) bond motifs is 2. The van der Waals surface area contributed by atoms with Crippen molar-refractivity contribution in [1.29, 1.82) is 0 Å². The summed E-state index contributed by atoms with van der Waals surface area (Å²) in [7, 11) is 0. The van der Waals surface area contributed by atoms with Gasteiger partial charge in [-0.25, -0.2) is 0 Å². The zero-order valence-corrected chi connectivity index (χ0v) is 21.5.